The van der Waals surface area contributed by atoms with Crippen molar-refractivity contribution in [1.82, 2.24) is 19.3 Å². The van der Waals surface area contributed by atoms with Gasteiger partial charge in [-0.05, 0) is 38.0 Å². The third-order valence-electron chi connectivity index (χ3n) is 6.51. The van der Waals surface area contributed by atoms with E-state index in [0.29, 0.717) is 29.9 Å². The van der Waals surface area contributed by atoms with Crippen molar-refractivity contribution in [2.45, 2.75) is 30.8 Å². The van der Waals surface area contributed by atoms with Crippen molar-refractivity contribution in [3.8, 4) is 0 Å². The van der Waals surface area contributed by atoms with Gasteiger partial charge in [-0.2, -0.15) is 9.29 Å². The molecular formula is C24H27N7O4S. The zero-order chi connectivity index (χ0) is 25.6. The van der Waals surface area contributed by atoms with E-state index < -0.39 is 16.1 Å². The summed E-state index contributed by atoms with van der Waals surface area (Å²) < 4.78 is 27.6. The van der Waals surface area contributed by atoms with E-state index in [9.17, 15) is 18.3 Å². The summed E-state index contributed by atoms with van der Waals surface area (Å²) >= 11 is 0. The summed E-state index contributed by atoms with van der Waals surface area (Å²) in [5, 5.41) is 12.7. The number of amides is 1. The topological polar surface area (TPSA) is 132 Å². The number of hydrogen-bond acceptors (Lipinski definition) is 9. The lowest BCUT2D eigenvalue weighted by atomic mass is 10.1. The van der Waals surface area contributed by atoms with Crippen LogP contribution in [-0.2, 0) is 10.0 Å². The maximum atomic E-state index is 13.1. The van der Waals surface area contributed by atoms with Gasteiger partial charge in [-0.1, -0.05) is 11.6 Å². The number of pyridine rings is 1. The highest BCUT2D eigenvalue weighted by Crippen LogP contribution is 2.38. The SMILES string of the molecule is Cc1ccc2c(c1)C(=O)N(C)c1cnc(Nc3cc(S(=O)(=O)N4CCC(O)CC4)ccn3)nc1N2C. The summed E-state index contributed by atoms with van der Waals surface area (Å²) in [6.45, 7) is 2.47. The summed E-state index contributed by atoms with van der Waals surface area (Å²) in [6, 6.07) is 8.55. The molecule has 0 atom stereocenters. The molecule has 0 spiro atoms. The average Bonchev–Trinajstić information content (AvgIpc) is 2.94. The highest BCUT2D eigenvalue weighted by molar-refractivity contribution is 7.89. The highest BCUT2D eigenvalue weighted by atomic mass is 32.2. The first-order valence-electron chi connectivity index (χ1n) is 11.6. The fourth-order valence-electron chi connectivity index (χ4n) is 4.41. The van der Waals surface area contributed by atoms with Gasteiger partial charge in [-0.25, -0.2) is 18.4 Å². The third kappa shape index (κ3) is 4.27. The molecule has 2 aliphatic rings. The summed E-state index contributed by atoms with van der Waals surface area (Å²) in [6.07, 6.45) is 3.31. The number of aliphatic hydroxyl groups excluding tert-OH is 1. The minimum Gasteiger partial charge on any atom is -0.393 e. The molecule has 1 fully saturated rings. The van der Waals surface area contributed by atoms with E-state index in [2.05, 4.69) is 20.3 Å². The number of aliphatic hydroxyl groups is 1. The number of nitrogens with one attached hydrogen (secondary N) is 1. The van der Waals surface area contributed by atoms with E-state index in [0.717, 1.165) is 11.3 Å². The van der Waals surface area contributed by atoms with Crippen molar-refractivity contribution in [1.29, 1.82) is 0 Å². The van der Waals surface area contributed by atoms with Gasteiger partial charge in [0, 0.05) is 39.4 Å². The number of nitrogens with zero attached hydrogens (tertiary/aromatic N) is 6. The van der Waals surface area contributed by atoms with Crippen LogP contribution in [0.15, 0.2) is 47.6 Å². The molecule has 2 N–H and O–H groups in total. The number of sulfonamides is 1. The molecule has 0 unspecified atom stereocenters. The number of benzene rings is 1. The number of piperidine rings is 1. The largest absolute Gasteiger partial charge is 0.393 e. The van der Waals surface area contributed by atoms with E-state index in [1.807, 2.05) is 37.1 Å². The molecule has 1 aromatic carbocycles. The van der Waals surface area contributed by atoms with Gasteiger partial charge in [-0.3, -0.25) is 4.79 Å². The molecule has 11 nitrogen and oxygen atoms in total. The van der Waals surface area contributed by atoms with E-state index in [1.54, 1.807) is 13.2 Å². The van der Waals surface area contributed by atoms with Gasteiger partial charge in [0.15, 0.2) is 5.82 Å². The Morgan fingerprint density at radius 1 is 1.03 bits per heavy atom. The minimum atomic E-state index is -3.73. The van der Waals surface area contributed by atoms with Gasteiger partial charge in [0.2, 0.25) is 16.0 Å². The molecule has 12 heteroatoms. The lowest BCUT2D eigenvalue weighted by molar-refractivity contribution is 0.0994. The quantitative estimate of drug-likeness (QED) is 0.544. The Morgan fingerprint density at radius 2 is 1.78 bits per heavy atom. The molecule has 4 heterocycles. The molecule has 5 rings (SSSR count). The van der Waals surface area contributed by atoms with E-state index in [1.165, 1.54) is 27.5 Å². The fraction of sp³-hybridized carbons (Fsp3) is 0.333. The first-order chi connectivity index (χ1) is 17.1. The standard InChI is InChI=1S/C24H27N7O4S/c1-15-4-5-19-18(12-15)23(33)30(3)20-14-26-24(28-22(20)29(19)2)27-21-13-17(6-9-25-21)36(34,35)31-10-7-16(32)8-11-31/h4-6,9,12-14,16,32H,7-8,10-11H2,1-3H3,(H,25,26,27,28). The Morgan fingerprint density at radius 3 is 2.53 bits per heavy atom. The van der Waals surface area contributed by atoms with Crippen LogP contribution in [0.2, 0.25) is 0 Å². The smallest absolute Gasteiger partial charge is 0.260 e. The Kier molecular flexibility index (Phi) is 6.10. The molecule has 0 bridgehead atoms. The first-order valence-corrected chi connectivity index (χ1v) is 13.0. The van der Waals surface area contributed by atoms with Gasteiger partial charge in [0.05, 0.1) is 28.4 Å². The van der Waals surface area contributed by atoms with Gasteiger partial charge in [0.1, 0.15) is 11.5 Å². The molecule has 2 aromatic heterocycles. The molecule has 2 aliphatic heterocycles. The van der Waals surface area contributed by atoms with Crippen molar-refractivity contribution in [3.05, 3.63) is 53.9 Å². The lowest BCUT2D eigenvalue weighted by Gasteiger charge is -2.28. The van der Waals surface area contributed by atoms with Gasteiger partial charge >= 0.3 is 0 Å². The normalized spacial score (nSPS) is 16.9. The Bertz CT molecular complexity index is 1440. The van der Waals surface area contributed by atoms with Crippen LogP contribution >= 0.6 is 0 Å². The number of anilines is 5. The van der Waals surface area contributed by atoms with Crippen LogP contribution in [0.3, 0.4) is 0 Å². The van der Waals surface area contributed by atoms with Gasteiger partial charge < -0.3 is 20.2 Å². The molecular weight excluding hydrogens is 482 g/mol. The van der Waals surface area contributed by atoms with E-state index >= 15 is 0 Å². The molecule has 36 heavy (non-hydrogen) atoms. The number of hydrogen-bond donors (Lipinski definition) is 2. The van der Waals surface area contributed by atoms with Gasteiger partial charge in [0.25, 0.3) is 5.91 Å². The zero-order valence-electron chi connectivity index (χ0n) is 20.2. The van der Waals surface area contributed by atoms with Crippen molar-refractivity contribution >= 4 is 44.9 Å². The number of rotatable bonds is 4. The Hall–Kier alpha value is -3.61. The summed E-state index contributed by atoms with van der Waals surface area (Å²) in [7, 11) is -0.220. The zero-order valence-corrected chi connectivity index (χ0v) is 21.0. The summed E-state index contributed by atoms with van der Waals surface area (Å²) in [5.74, 6) is 0.833. The number of carbonyl (C=O) groups excluding carboxylic acids is 1. The second-order valence-corrected chi connectivity index (χ2v) is 10.9. The lowest BCUT2D eigenvalue weighted by Crippen LogP contribution is -2.40. The maximum Gasteiger partial charge on any atom is 0.260 e. The van der Waals surface area contributed by atoms with Crippen LogP contribution < -0.4 is 15.1 Å². The molecule has 188 valence electrons. The van der Waals surface area contributed by atoms with Crippen molar-refractivity contribution in [2.75, 3.05) is 42.3 Å². The summed E-state index contributed by atoms with van der Waals surface area (Å²) in [5.41, 5.74) is 2.81. The molecule has 0 saturated carbocycles. The minimum absolute atomic E-state index is 0.0953. The van der Waals surface area contributed by atoms with E-state index in [4.69, 9.17) is 0 Å². The van der Waals surface area contributed by atoms with Crippen LogP contribution in [-0.4, -0.2) is 72.0 Å². The van der Waals surface area contributed by atoms with Crippen LogP contribution in [0.5, 0.6) is 0 Å². The van der Waals surface area contributed by atoms with Crippen LogP contribution in [0.4, 0.5) is 29.0 Å². The van der Waals surface area contributed by atoms with Gasteiger partial charge in [-0.15, -0.1) is 0 Å². The third-order valence-corrected chi connectivity index (χ3v) is 8.40. The molecule has 3 aromatic rings. The molecule has 1 amide bonds. The molecule has 1 saturated heterocycles. The summed E-state index contributed by atoms with van der Waals surface area (Å²) in [4.78, 5) is 29.7. The maximum absolute atomic E-state index is 13.1. The van der Waals surface area contributed by atoms with Crippen LogP contribution in [0, 0.1) is 6.92 Å². The number of fused-ring (bicyclic) bond motifs is 2. The Balaban J connectivity index is 1.45. The molecule has 0 radical (unpaired) electrons. The van der Waals surface area contributed by atoms with Crippen molar-refractivity contribution in [2.24, 2.45) is 0 Å². The van der Waals surface area contributed by atoms with Crippen LogP contribution in [0.25, 0.3) is 0 Å². The predicted octanol–water partition coefficient (Wildman–Crippen LogP) is 2.43. The Labute approximate surface area is 209 Å². The van der Waals surface area contributed by atoms with E-state index in [-0.39, 0.29) is 35.7 Å². The fourth-order valence-corrected chi connectivity index (χ4v) is 5.90. The number of carbonyl (C=O) groups is 1. The average molecular weight is 510 g/mol. The van der Waals surface area contributed by atoms with Crippen LogP contribution in [0.1, 0.15) is 28.8 Å². The second-order valence-electron chi connectivity index (χ2n) is 8.98. The highest BCUT2D eigenvalue weighted by Gasteiger charge is 2.30. The van der Waals surface area contributed by atoms with Crippen molar-refractivity contribution < 1.29 is 18.3 Å². The second kappa shape index (κ2) is 9.12. The molecule has 0 aliphatic carbocycles. The number of aryl methyl sites for hydroxylation is 1. The first kappa shape index (κ1) is 24.1. The van der Waals surface area contributed by atoms with Crippen molar-refractivity contribution in [3.63, 3.8) is 0 Å². The number of aromatic nitrogens is 3. The predicted molar refractivity (Wildman–Crippen MR) is 136 cm³/mol. The monoisotopic (exact) mass is 509 g/mol.